The normalized spacial score (nSPS) is 11.5. The molecule has 0 saturated carbocycles. The molecule has 6 N–H and O–H groups in total. The summed E-state index contributed by atoms with van der Waals surface area (Å²) < 4.78 is 3.29. The van der Waals surface area contributed by atoms with Gasteiger partial charge in [-0.1, -0.05) is 18.1 Å². The summed E-state index contributed by atoms with van der Waals surface area (Å²) in [5.74, 6) is 3.40. The van der Waals surface area contributed by atoms with Gasteiger partial charge in [0, 0.05) is 25.2 Å². The fourth-order valence-electron chi connectivity index (χ4n) is 3.50. The summed E-state index contributed by atoms with van der Waals surface area (Å²) >= 11 is 0. The number of nitrogens with one attached hydrogen (secondary N) is 2. The number of hydrogen-bond acceptors (Lipinski definition) is 6. The van der Waals surface area contributed by atoms with Crippen molar-refractivity contribution in [3.8, 4) is 11.8 Å². The third kappa shape index (κ3) is 5.51. The van der Waals surface area contributed by atoms with Gasteiger partial charge in [0.2, 0.25) is 5.95 Å². The number of fused-ring (bicyclic) bond motifs is 1. The number of aromatic nitrogens is 4. The maximum atomic E-state index is 13.0. The molecule has 12 heteroatoms. The highest BCUT2D eigenvalue weighted by atomic mass is 16.4. The molecule has 0 aliphatic carbocycles. The standard InChI is InChI=1S/C22H25N7O5/c1-3-29-16(12-13(2)27-29)20(32)26-21-25-19-14(17(30)8-9-18(23)31)6-4-7-15(19)28(21)11-5-10-24-22(33)34/h4,6-7,12,17,24,30H,3,5,10-11H2,1-2H3,(H2,23,31)(H,33,34)(H,25,26,32). The second kappa shape index (κ2) is 10.5. The molecular weight excluding hydrogens is 442 g/mol. The predicted octanol–water partition coefficient (Wildman–Crippen LogP) is 0.993. The number of primary amides is 1. The first-order valence-corrected chi connectivity index (χ1v) is 10.5. The van der Waals surface area contributed by atoms with Gasteiger partial charge < -0.3 is 25.8 Å². The average molecular weight is 467 g/mol. The highest BCUT2D eigenvalue weighted by molar-refractivity contribution is 6.03. The van der Waals surface area contributed by atoms with E-state index in [1.165, 1.54) is 0 Å². The van der Waals surface area contributed by atoms with Crippen molar-refractivity contribution in [2.45, 2.75) is 39.5 Å². The van der Waals surface area contributed by atoms with Gasteiger partial charge in [0.05, 0.1) is 16.7 Å². The van der Waals surface area contributed by atoms with Crippen LogP contribution in [0.25, 0.3) is 11.0 Å². The molecule has 1 unspecified atom stereocenters. The number of para-hydroxylation sites is 1. The zero-order valence-electron chi connectivity index (χ0n) is 18.7. The number of carbonyl (C=O) groups is 3. The van der Waals surface area contributed by atoms with Crippen LogP contribution in [0.3, 0.4) is 0 Å². The molecule has 0 radical (unpaired) electrons. The molecule has 0 aliphatic heterocycles. The second-order valence-electron chi connectivity index (χ2n) is 7.36. The van der Waals surface area contributed by atoms with Crippen molar-refractivity contribution in [2.24, 2.45) is 5.73 Å². The number of aliphatic hydroxyl groups is 1. The van der Waals surface area contributed by atoms with E-state index in [0.717, 1.165) is 0 Å². The molecule has 1 aromatic carbocycles. The zero-order valence-corrected chi connectivity index (χ0v) is 18.7. The Bertz CT molecular complexity index is 1300. The van der Waals surface area contributed by atoms with Gasteiger partial charge in [-0.25, -0.2) is 9.78 Å². The first-order valence-electron chi connectivity index (χ1n) is 10.5. The molecule has 0 fully saturated rings. The molecule has 178 valence electrons. The summed E-state index contributed by atoms with van der Waals surface area (Å²) in [6.45, 7) is 4.67. The number of amides is 3. The molecule has 2 aromatic heterocycles. The summed E-state index contributed by atoms with van der Waals surface area (Å²) in [7, 11) is 0. The largest absolute Gasteiger partial charge is 0.465 e. The number of imidazole rings is 1. The highest BCUT2D eigenvalue weighted by Crippen LogP contribution is 2.27. The van der Waals surface area contributed by atoms with E-state index >= 15 is 0 Å². The Hall–Kier alpha value is -4.37. The predicted molar refractivity (Wildman–Crippen MR) is 123 cm³/mol. The third-order valence-corrected chi connectivity index (χ3v) is 4.93. The number of carbonyl (C=O) groups excluding carboxylic acids is 2. The Morgan fingerprint density at radius 3 is 2.74 bits per heavy atom. The lowest BCUT2D eigenvalue weighted by Gasteiger charge is -2.11. The van der Waals surface area contributed by atoms with Gasteiger partial charge in [0.1, 0.15) is 11.8 Å². The van der Waals surface area contributed by atoms with E-state index in [1.54, 1.807) is 40.4 Å². The number of anilines is 1. The van der Waals surface area contributed by atoms with Gasteiger partial charge >= 0.3 is 6.09 Å². The molecule has 34 heavy (non-hydrogen) atoms. The Balaban J connectivity index is 2.02. The van der Waals surface area contributed by atoms with Crippen LogP contribution in [0.15, 0.2) is 24.3 Å². The van der Waals surface area contributed by atoms with Gasteiger partial charge in [-0.3, -0.25) is 19.6 Å². The van der Waals surface area contributed by atoms with Crippen molar-refractivity contribution in [1.29, 1.82) is 0 Å². The summed E-state index contributed by atoms with van der Waals surface area (Å²) in [5, 5.41) is 28.7. The lowest BCUT2D eigenvalue weighted by atomic mass is 10.1. The summed E-state index contributed by atoms with van der Waals surface area (Å²) in [6.07, 6.45) is -2.05. The van der Waals surface area contributed by atoms with Crippen molar-refractivity contribution in [1.82, 2.24) is 24.6 Å². The van der Waals surface area contributed by atoms with E-state index < -0.39 is 24.0 Å². The molecule has 0 aliphatic rings. The number of rotatable bonds is 8. The van der Waals surface area contributed by atoms with Crippen molar-refractivity contribution in [2.75, 3.05) is 11.9 Å². The molecule has 2 heterocycles. The number of nitrogens with two attached hydrogens (primary N) is 1. The van der Waals surface area contributed by atoms with Gasteiger partial charge in [-0.15, -0.1) is 0 Å². The molecule has 3 aromatic rings. The minimum Gasteiger partial charge on any atom is -0.465 e. The van der Waals surface area contributed by atoms with Gasteiger partial charge in [0.15, 0.2) is 0 Å². The third-order valence-electron chi connectivity index (χ3n) is 4.93. The second-order valence-corrected chi connectivity index (χ2v) is 7.36. The van der Waals surface area contributed by atoms with E-state index in [2.05, 4.69) is 32.6 Å². The minimum atomic E-state index is -1.33. The molecule has 0 spiro atoms. The number of benzene rings is 1. The van der Waals surface area contributed by atoms with E-state index in [0.29, 0.717) is 47.5 Å². The molecule has 1 atom stereocenters. The van der Waals surface area contributed by atoms with Crippen molar-refractivity contribution in [3.05, 3.63) is 41.2 Å². The maximum absolute atomic E-state index is 13.0. The monoisotopic (exact) mass is 467 g/mol. The summed E-state index contributed by atoms with van der Waals surface area (Å²) in [4.78, 5) is 39.3. The SMILES string of the molecule is CCn1nc(C)cc1C(=O)Nc1nc2c(C(O)C#CC(N)=O)cccc2n1CCCNC(=O)O. The Kier molecular flexibility index (Phi) is 7.50. The zero-order chi connectivity index (χ0) is 24.8. The number of carboxylic acid groups (broad SMARTS) is 1. The van der Waals surface area contributed by atoms with Crippen molar-refractivity contribution < 1.29 is 24.6 Å². The molecule has 3 rings (SSSR count). The molecule has 0 bridgehead atoms. The fraction of sp³-hybridized carbons (Fsp3) is 0.318. The van der Waals surface area contributed by atoms with Gasteiger partial charge in [-0.2, -0.15) is 5.10 Å². The lowest BCUT2D eigenvalue weighted by molar-refractivity contribution is -0.112. The average Bonchev–Trinajstić information content (AvgIpc) is 3.34. The Morgan fingerprint density at radius 1 is 1.29 bits per heavy atom. The quantitative estimate of drug-likeness (QED) is 0.242. The van der Waals surface area contributed by atoms with Crippen LogP contribution < -0.4 is 16.4 Å². The fourth-order valence-corrected chi connectivity index (χ4v) is 3.50. The van der Waals surface area contributed by atoms with E-state index in [4.69, 9.17) is 10.8 Å². The number of aliphatic hydroxyl groups excluding tert-OH is 1. The number of nitrogens with zero attached hydrogens (tertiary/aromatic N) is 4. The van der Waals surface area contributed by atoms with Crippen LogP contribution >= 0.6 is 0 Å². The first-order chi connectivity index (χ1) is 16.2. The van der Waals surface area contributed by atoms with Crippen molar-refractivity contribution >= 4 is 34.9 Å². The van der Waals surface area contributed by atoms with Crippen LogP contribution in [-0.2, 0) is 17.9 Å². The first kappa shape index (κ1) is 24.3. The lowest BCUT2D eigenvalue weighted by Crippen LogP contribution is -2.23. The number of aryl methyl sites for hydroxylation is 3. The summed E-state index contributed by atoms with van der Waals surface area (Å²) in [5.41, 5.74) is 7.38. The van der Waals surface area contributed by atoms with Crippen molar-refractivity contribution in [3.63, 3.8) is 0 Å². The van der Waals surface area contributed by atoms with E-state index in [-0.39, 0.29) is 12.5 Å². The van der Waals surface area contributed by atoms with Gasteiger partial charge in [0.25, 0.3) is 11.8 Å². The van der Waals surface area contributed by atoms with E-state index in [9.17, 15) is 19.5 Å². The molecule has 3 amide bonds. The smallest absolute Gasteiger partial charge is 0.404 e. The molecule has 0 saturated heterocycles. The number of hydrogen-bond donors (Lipinski definition) is 5. The van der Waals surface area contributed by atoms with Crippen LogP contribution in [0.5, 0.6) is 0 Å². The highest BCUT2D eigenvalue weighted by Gasteiger charge is 2.20. The Labute approximate surface area is 194 Å². The van der Waals surface area contributed by atoms with Crippen LogP contribution in [0, 0.1) is 18.8 Å². The topological polar surface area (TPSA) is 177 Å². The van der Waals surface area contributed by atoms with Crippen LogP contribution in [0.1, 0.15) is 41.2 Å². The van der Waals surface area contributed by atoms with Crippen LogP contribution in [-0.4, -0.2) is 54.0 Å². The maximum Gasteiger partial charge on any atom is 0.404 e. The van der Waals surface area contributed by atoms with Crippen LogP contribution in [0.4, 0.5) is 10.7 Å². The molecular formula is C22H25N7O5. The van der Waals surface area contributed by atoms with Crippen LogP contribution in [0.2, 0.25) is 0 Å². The molecule has 12 nitrogen and oxygen atoms in total. The summed E-state index contributed by atoms with van der Waals surface area (Å²) in [6, 6.07) is 6.70. The minimum absolute atomic E-state index is 0.191. The van der Waals surface area contributed by atoms with Gasteiger partial charge in [-0.05, 0) is 38.3 Å². The van der Waals surface area contributed by atoms with E-state index in [1.807, 2.05) is 6.92 Å². The Morgan fingerprint density at radius 2 is 2.06 bits per heavy atom.